The van der Waals surface area contributed by atoms with Crippen LogP contribution in [-0.4, -0.2) is 11.8 Å². The van der Waals surface area contributed by atoms with Crippen molar-refractivity contribution in [3.8, 4) is 0 Å². The van der Waals surface area contributed by atoms with Gasteiger partial charge in [0.05, 0.1) is 0 Å². The summed E-state index contributed by atoms with van der Waals surface area (Å²) >= 11 is 1.89. The van der Waals surface area contributed by atoms with E-state index in [-0.39, 0.29) is 5.82 Å². The first-order valence-electron chi connectivity index (χ1n) is 7.85. The van der Waals surface area contributed by atoms with Crippen molar-refractivity contribution in [2.24, 2.45) is 5.92 Å². The zero-order chi connectivity index (χ0) is 14.4. The fourth-order valence-electron chi connectivity index (χ4n) is 2.88. The van der Waals surface area contributed by atoms with Crippen LogP contribution in [0.15, 0.2) is 23.1 Å². The van der Waals surface area contributed by atoms with Crippen LogP contribution in [0, 0.1) is 11.7 Å². The number of halogens is 1. The van der Waals surface area contributed by atoms with E-state index in [1.807, 2.05) is 17.8 Å². The highest BCUT2D eigenvalue weighted by atomic mass is 32.2. The Morgan fingerprint density at radius 3 is 2.95 bits per heavy atom. The molecule has 0 spiro atoms. The van der Waals surface area contributed by atoms with Gasteiger partial charge in [-0.15, -0.1) is 11.8 Å². The highest BCUT2D eigenvalue weighted by Crippen LogP contribution is 2.37. The molecule has 2 atom stereocenters. The number of hydrogen-bond acceptors (Lipinski definition) is 2. The van der Waals surface area contributed by atoms with Crippen LogP contribution in [0.3, 0.4) is 0 Å². The average molecular weight is 295 g/mol. The van der Waals surface area contributed by atoms with Crippen LogP contribution in [0.4, 0.5) is 4.39 Å². The first-order chi connectivity index (χ1) is 9.70. The van der Waals surface area contributed by atoms with Gasteiger partial charge in [-0.3, -0.25) is 0 Å². The van der Waals surface area contributed by atoms with Crippen molar-refractivity contribution in [3.63, 3.8) is 0 Å². The monoisotopic (exact) mass is 295 g/mol. The van der Waals surface area contributed by atoms with Crippen LogP contribution in [0.2, 0.25) is 0 Å². The molecule has 0 amide bonds. The quantitative estimate of drug-likeness (QED) is 0.741. The Labute approximate surface area is 126 Å². The van der Waals surface area contributed by atoms with Crippen molar-refractivity contribution in [1.82, 2.24) is 5.32 Å². The Morgan fingerprint density at radius 1 is 1.35 bits per heavy atom. The molecule has 1 aliphatic carbocycles. The van der Waals surface area contributed by atoms with Gasteiger partial charge in [-0.2, -0.15) is 0 Å². The van der Waals surface area contributed by atoms with Crippen molar-refractivity contribution in [2.75, 3.05) is 6.54 Å². The summed E-state index contributed by atoms with van der Waals surface area (Å²) in [4.78, 5) is 1.13. The van der Waals surface area contributed by atoms with Crippen molar-refractivity contribution in [3.05, 3.63) is 29.6 Å². The lowest BCUT2D eigenvalue weighted by Crippen LogP contribution is -2.17. The van der Waals surface area contributed by atoms with Gasteiger partial charge in [0.1, 0.15) is 5.82 Å². The van der Waals surface area contributed by atoms with Crippen LogP contribution in [-0.2, 0) is 6.54 Å². The second-order valence-corrected chi connectivity index (χ2v) is 7.25. The van der Waals surface area contributed by atoms with E-state index < -0.39 is 0 Å². The van der Waals surface area contributed by atoms with Gasteiger partial charge in [-0.25, -0.2) is 4.39 Å². The number of nitrogens with one attached hydrogen (secondary N) is 1. The van der Waals surface area contributed by atoms with Crippen LogP contribution in [0.5, 0.6) is 0 Å². The third kappa shape index (κ3) is 4.49. The van der Waals surface area contributed by atoms with Crippen molar-refractivity contribution in [2.45, 2.75) is 62.6 Å². The van der Waals surface area contributed by atoms with Gasteiger partial charge in [-0.05, 0) is 43.9 Å². The summed E-state index contributed by atoms with van der Waals surface area (Å²) in [6, 6.07) is 5.50. The maximum absolute atomic E-state index is 14.1. The second-order valence-electron chi connectivity index (χ2n) is 5.90. The minimum absolute atomic E-state index is 0.0672. The molecule has 1 nitrogen and oxygen atoms in total. The molecule has 1 N–H and O–H groups in total. The first-order valence-corrected chi connectivity index (χ1v) is 8.73. The van der Waals surface area contributed by atoms with E-state index in [9.17, 15) is 4.39 Å². The zero-order valence-electron chi connectivity index (χ0n) is 12.6. The maximum Gasteiger partial charge on any atom is 0.128 e. The van der Waals surface area contributed by atoms with E-state index >= 15 is 0 Å². The summed E-state index contributed by atoms with van der Waals surface area (Å²) in [7, 11) is 0. The standard InChI is InChI=1S/C17H26FNS/c1-3-10-19-12-15-16(18)8-5-9-17(15)20-14-7-4-6-13(2)11-14/h5,8-9,13-14,19H,3-4,6-7,10-12H2,1-2H3. The van der Waals surface area contributed by atoms with E-state index in [0.29, 0.717) is 11.8 Å². The molecule has 0 saturated heterocycles. The van der Waals surface area contributed by atoms with Crippen molar-refractivity contribution < 1.29 is 4.39 Å². The zero-order valence-corrected chi connectivity index (χ0v) is 13.4. The average Bonchev–Trinajstić information content (AvgIpc) is 2.42. The van der Waals surface area contributed by atoms with Crippen LogP contribution in [0.25, 0.3) is 0 Å². The minimum atomic E-state index is -0.0672. The molecule has 0 aromatic heterocycles. The second kappa shape index (κ2) is 8.04. The van der Waals surface area contributed by atoms with Gasteiger partial charge in [-0.1, -0.05) is 32.8 Å². The molecule has 1 fully saturated rings. The Morgan fingerprint density at radius 2 is 2.20 bits per heavy atom. The Bertz CT molecular complexity index is 421. The molecule has 1 saturated carbocycles. The van der Waals surface area contributed by atoms with Crippen LogP contribution >= 0.6 is 11.8 Å². The van der Waals surface area contributed by atoms with Crippen molar-refractivity contribution >= 4 is 11.8 Å². The first kappa shape index (κ1) is 15.8. The molecule has 20 heavy (non-hydrogen) atoms. The molecule has 112 valence electrons. The number of rotatable bonds is 6. The maximum atomic E-state index is 14.1. The van der Waals surface area contributed by atoms with E-state index in [4.69, 9.17) is 0 Å². The van der Waals surface area contributed by atoms with Crippen LogP contribution in [0.1, 0.15) is 51.5 Å². The van der Waals surface area contributed by atoms with Gasteiger partial charge >= 0.3 is 0 Å². The molecule has 0 bridgehead atoms. The van der Waals surface area contributed by atoms with E-state index in [2.05, 4.69) is 25.2 Å². The Hall–Kier alpha value is -0.540. The lowest BCUT2D eigenvalue weighted by atomic mass is 9.91. The van der Waals surface area contributed by atoms with E-state index in [0.717, 1.165) is 29.3 Å². The van der Waals surface area contributed by atoms with Gasteiger partial charge in [0, 0.05) is 22.3 Å². The highest BCUT2D eigenvalue weighted by Gasteiger charge is 2.21. The topological polar surface area (TPSA) is 12.0 Å². The largest absolute Gasteiger partial charge is 0.313 e. The van der Waals surface area contributed by atoms with Gasteiger partial charge < -0.3 is 5.32 Å². The summed E-state index contributed by atoms with van der Waals surface area (Å²) in [6.07, 6.45) is 6.29. The fraction of sp³-hybridized carbons (Fsp3) is 0.647. The predicted molar refractivity (Wildman–Crippen MR) is 85.7 cm³/mol. The molecule has 0 aliphatic heterocycles. The molecule has 1 aliphatic rings. The van der Waals surface area contributed by atoms with Gasteiger partial charge in [0.2, 0.25) is 0 Å². The molecular formula is C17H26FNS. The minimum Gasteiger partial charge on any atom is -0.313 e. The number of hydrogen-bond donors (Lipinski definition) is 1. The van der Waals surface area contributed by atoms with Gasteiger partial charge in [0.15, 0.2) is 0 Å². The molecule has 2 rings (SSSR count). The molecular weight excluding hydrogens is 269 g/mol. The molecule has 0 heterocycles. The Kier molecular flexibility index (Phi) is 6.37. The summed E-state index contributed by atoms with van der Waals surface area (Å²) in [6.45, 7) is 6.06. The van der Waals surface area contributed by atoms with E-state index in [1.54, 1.807) is 6.07 Å². The summed E-state index contributed by atoms with van der Waals surface area (Å²) < 4.78 is 14.1. The number of benzene rings is 1. The number of thioether (sulfide) groups is 1. The predicted octanol–water partition coefficient (Wildman–Crippen LogP) is 5.00. The molecule has 3 heteroatoms. The molecule has 1 aromatic carbocycles. The fourth-order valence-corrected chi connectivity index (χ4v) is 4.41. The lowest BCUT2D eigenvalue weighted by Gasteiger charge is -2.27. The summed E-state index contributed by atoms with van der Waals surface area (Å²) in [5, 5.41) is 3.98. The summed E-state index contributed by atoms with van der Waals surface area (Å²) in [5.74, 6) is 0.749. The third-order valence-corrected chi connectivity index (χ3v) is 5.38. The van der Waals surface area contributed by atoms with Crippen LogP contribution < -0.4 is 5.32 Å². The van der Waals surface area contributed by atoms with Crippen molar-refractivity contribution in [1.29, 1.82) is 0 Å². The lowest BCUT2D eigenvalue weighted by molar-refractivity contribution is 0.394. The highest BCUT2D eigenvalue weighted by molar-refractivity contribution is 8.00. The smallest absolute Gasteiger partial charge is 0.128 e. The SMILES string of the molecule is CCCNCc1c(F)cccc1SC1CCCC(C)C1. The van der Waals surface area contributed by atoms with E-state index in [1.165, 1.54) is 25.7 Å². The molecule has 2 unspecified atom stereocenters. The normalized spacial score (nSPS) is 22.9. The van der Waals surface area contributed by atoms with Gasteiger partial charge in [0.25, 0.3) is 0 Å². The molecule has 1 aromatic rings. The summed E-state index contributed by atoms with van der Waals surface area (Å²) in [5.41, 5.74) is 0.851. The molecule has 0 radical (unpaired) electrons. The third-order valence-electron chi connectivity index (χ3n) is 3.99. The Balaban J connectivity index is 2.04.